The minimum atomic E-state index is -0.265. The predicted molar refractivity (Wildman–Crippen MR) is 260 cm³/mol. The van der Waals surface area contributed by atoms with Crippen LogP contribution in [0.2, 0.25) is 0 Å². The third kappa shape index (κ3) is 6.44. The van der Waals surface area contributed by atoms with Crippen LogP contribution >= 0.6 is 0 Å². The van der Waals surface area contributed by atoms with Crippen LogP contribution in [-0.2, 0) is 9.47 Å². The van der Waals surface area contributed by atoms with Crippen molar-refractivity contribution in [2.45, 2.75) is 38.8 Å². The molecule has 8 heteroatoms. The van der Waals surface area contributed by atoms with Crippen LogP contribution in [0.1, 0.15) is 39.1 Å². The van der Waals surface area contributed by atoms with Crippen molar-refractivity contribution in [2.75, 3.05) is 13.2 Å². The van der Waals surface area contributed by atoms with Gasteiger partial charge in [-0.15, -0.1) is 0 Å². The largest absolute Gasteiger partial charge is 0.474 e. The Balaban J connectivity index is 1.02. The molecule has 2 aliphatic heterocycles. The molecule has 0 N–H and O–H groups in total. The Morgan fingerprint density at radius 3 is 1.08 bits per heavy atom. The lowest BCUT2D eigenvalue weighted by molar-refractivity contribution is 0.279. The molecule has 0 spiro atoms. The van der Waals surface area contributed by atoms with E-state index in [2.05, 4.69) is 182 Å². The van der Waals surface area contributed by atoms with E-state index in [1.54, 1.807) is 0 Å². The van der Waals surface area contributed by atoms with Crippen LogP contribution in [0.5, 0.6) is 0 Å². The fourth-order valence-electron chi connectivity index (χ4n) is 9.30. The van der Waals surface area contributed by atoms with E-state index in [0.717, 1.165) is 89.2 Å². The fraction of sp³-hybridized carbons (Fsp3) is 0.143. The second-order valence-corrected chi connectivity index (χ2v) is 18.1. The van der Waals surface area contributed by atoms with Gasteiger partial charge in [0, 0.05) is 44.0 Å². The first-order valence-electron chi connectivity index (χ1n) is 21.8. The van der Waals surface area contributed by atoms with Gasteiger partial charge in [0.05, 0.1) is 44.5 Å². The van der Waals surface area contributed by atoms with Gasteiger partial charge in [0.2, 0.25) is 11.8 Å². The summed E-state index contributed by atoms with van der Waals surface area (Å²) in [7, 11) is 0. The SMILES string of the molecule is CC1(C)COC(c2cccc(-c3ccc4c(c3)c3cc(-c5ccc6c(c5)c5cc(-c7cccc(C8=NC(C)(C)CO8)n7)ccc5n6-c5ccccc5)ccc3n4-c3ccccc3)n2)=N1. The number of ether oxygens (including phenoxy) is 2. The topological polar surface area (TPSA) is 78.8 Å². The number of hydrogen-bond donors (Lipinski definition) is 0. The molecule has 4 aromatic heterocycles. The molecular formula is C56H44N6O2. The normalized spacial score (nSPS) is 15.4. The Kier molecular flexibility index (Phi) is 8.50. The third-order valence-electron chi connectivity index (χ3n) is 12.4. The van der Waals surface area contributed by atoms with Crippen LogP contribution in [0.4, 0.5) is 0 Å². The van der Waals surface area contributed by atoms with Crippen molar-refractivity contribution >= 4 is 55.4 Å². The highest BCUT2D eigenvalue weighted by molar-refractivity contribution is 6.14. The Hall–Kier alpha value is -7.84. The molecule has 64 heavy (non-hydrogen) atoms. The van der Waals surface area contributed by atoms with Gasteiger partial charge in [0.25, 0.3) is 0 Å². The van der Waals surface area contributed by atoms with Crippen molar-refractivity contribution in [3.05, 3.63) is 181 Å². The molecule has 6 heterocycles. The van der Waals surface area contributed by atoms with Gasteiger partial charge in [-0.3, -0.25) is 0 Å². The summed E-state index contributed by atoms with van der Waals surface area (Å²) in [6.45, 7) is 9.40. The van der Waals surface area contributed by atoms with Gasteiger partial charge in [-0.05, 0) is 136 Å². The molecule has 6 aromatic carbocycles. The van der Waals surface area contributed by atoms with Gasteiger partial charge in [0.1, 0.15) is 24.6 Å². The third-order valence-corrected chi connectivity index (χ3v) is 12.4. The zero-order valence-corrected chi connectivity index (χ0v) is 36.1. The molecule has 10 aromatic rings. The van der Waals surface area contributed by atoms with Crippen LogP contribution in [0.3, 0.4) is 0 Å². The number of nitrogens with zero attached hydrogens (tertiary/aromatic N) is 6. The van der Waals surface area contributed by atoms with Gasteiger partial charge >= 0.3 is 0 Å². The Morgan fingerprint density at radius 2 is 0.719 bits per heavy atom. The molecule has 0 aliphatic carbocycles. The number of benzene rings is 6. The van der Waals surface area contributed by atoms with Crippen molar-refractivity contribution in [3.8, 4) is 45.0 Å². The van der Waals surface area contributed by atoms with Gasteiger partial charge in [-0.25, -0.2) is 20.0 Å². The van der Waals surface area contributed by atoms with E-state index in [1.807, 2.05) is 24.3 Å². The number of hydrogen-bond acceptors (Lipinski definition) is 6. The molecule has 0 unspecified atom stereocenters. The minimum Gasteiger partial charge on any atom is -0.474 e. The summed E-state index contributed by atoms with van der Waals surface area (Å²) < 4.78 is 16.7. The van der Waals surface area contributed by atoms with Crippen LogP contribution < -0.4 is 0 Å². The summed E-state index contributed by atoms with van der Waals surface area (Å²) in [6, 6.07) is 60.4. The molecule has 0 amide bonds. The molecule has 2 aliphatic rings. The zero-order chi connectivity index (χ0) is 43.2. The Labute approximate surface area is 370 Å². The molecule has 310 valence electrons. The zero-order valence-electron chi connectivity index (χ0n) is 36.1. The number of aliphatic imine (C=N–C) groups is 2. The lowest BCUT2D eigenvalue weighted by Crippen LogP contribution is -2.17. The van der Waals surface area contributed by atoms with Crippen molar-refractivity contribution in [3.63, 3.8) is 0 Å². The molecule has 0 atom stereocenters. The second-order valence-electron chi connectivity index (χ2n) is 18.1. The smallest absolute Gasteiger partial charge is 0.236 e. The van der Waals surface area contributed by atoms with E-state index in [1.165, 1.54) is 10.8 Å². The van der Waals surface area contributed by atoms with E-state index in [9.17, 15) is 0 Å². The van der Waals surface area contributed by atoms with Crippen molar-refractivity contribution in [2.24, 2.45) is 9.98 Å². The van der Waals surface area contributed by atoms with E-state index >= 15 is 0 Å². The Morgan fingerprint density at radius 1 is 0.375 bits per heavy atom. The van der Waals surface area contributed by atoms with Gasteiger partial charge < -0.3 is 18.6 Å². The molecule has 0 saturated heterocycles. The molecule has 0 radical (unpaired) electrons. The van der Waals surface area contributed by atoms with Crippen molar-refractivity contribution in [1.82, 2.24) is 19.1 Å². The van der Waals surface area contributed by atoms with Crippen LogP contribution in [-0.4, -0.2) is 55.2 Å². The first-order valence-corrected chi connectivity index (χ1v) is 21.8. The summed E-state index contributed by atoms with van der Waals surface area (Å²) in [4.78, 5) is 19.7. The van der Waals surface area contributed by atoms with E-state index in [-0.39, 0.29) is 11.1 Å². The number of pyridine rings is 2. The van der Waals surface area contributed by atoms with Gasteiger partial charge in [-0.1, -0.05) is 72.8 Å². The summed E-state index contributed by atoms with van der Waals surface area (Å²) in [5, 5.41) is 4.64. The first kappa shape index (κ1) is 37.9. The van der Waals surface area contributed by atoms with Crippen LogP contribution in [0.25, 0.3) is 88.6 Å². The summed E-state index contributed by atoms with van der Waals surface area (Å²) in [5.41, 5.74) is 13.8. The quantitative estimate of drug-likeness (QED) is 0.160. The summed E-state index contributed by atoms with van der Waals surface area (Å²) >= 11 is 0. The first-order chi connectivity index (χ1) is 31.1. The average molecular weight is 833 g/mol. The van der Waals surface area contributed by atoms with E-state index in [4.69, 9.17) is 29.4 Å². The van der Waals surface area contributed by atoms with Crippen molar-refractivity contribution in [1.29, 1.82) is 0 Å². The second kappa shape index (κ2) is 14.4. The number of aromatic nitrogens is 4. The van der Waals surface area contributed by atoms with Gasteiger partial charge in [0.15, 0.2) is 0 Å². The molecule has 0 bridgehead atoms. The standard InChI is InChI=1S/C56H44N6O2/c1-55(2)33-63-53(59-55)47-19-11-17-45(57-47)37-23-27-51-43(31-37)41-29-35(21-25-49(41)61(51)39-13-7-5-8-14-39)36-22-26-50-42(30-36)44-32-38(24-28-52(44)62(50)40-15-9-6-10-16-40)46-18-12-20-48(58-46)54-60-56(3,4)34-64-54/h5-32H,33-34H2,1-4H3. The maximum absolute atomic E-state index is 5.98. The maximum atomic E-state index is 5.98. The lowest BCUT2D eigenvalue weighted by Gasteiger charge is -2.09. The fourth-order valence-corrected chi connectivity index (χ4v) is 9.30. The number of rotatable bonds is 7. The number of fused-ring (bicyclic) bond motifs is 6. The van der Waals surface area contributed by atoms with Crippen molar-refractivity contribution < 1.29 is 9.47 Å². The molecule has 0 fully saturated rings. The Bertz CT molecular complexity index is 3320. The maximum Gasteiger partial charge on any atom is 0.236 e. The molecule has 0 saturated carbocycles. The highest BCUT2D eigenvalue weighted by Crippen LogP contribution is 2.40. The highest BCUT2D eigenvalue weighted by atomic mass is 16.5. The average Bonchev–Trinajstić information content (AvgIpc) is 4.08. The molecule has 8 nitrogen and oxygen atoms in total. The van der Waals surface area contributed by atoms with Gasteiger partial charge in [-0.2, -0.15) is 0 Å². The highest BCUT2D eigenvalue weighted by Gasteiger charge is 2.29. The predicted octanol–water partition coefficient (Wildman–Crippen LogP) is 12.8. The van der Waals surface area contributed by atoms with E-state index in [0.29, 0.717) is 25.0 Å². The molecular weight excluding hydrogens is 789 g/mol. The lowest BCUT2D eigenvalue weighted by atomic mass is 9.99. The monoisotopic (exact) mass is 832 g/mol. The van der Waals surface area contributed by atoms with E-state index < -0.39 is 0 Å². The van der Waals surface area contributed by atoms with Crippen LogP contribution in [0, 0.1) is 0 Å². The molecule has 12 rings (SSSR count). The number of para-hydroxylation sites is 2. The minimum absolute atomic E-state index is 0.265. The summed E-state index contributed by atoms with van der Waals surface area (Å²) in [5.74, 6) is 1.19. The van der Waals surface area contributed by atoms with Crippen LogP contribution in [0.15, 0.2) is 180 Å². The summed E-state index contributed by atoms with van der Waals surface area (Å²) in [6.07, 6.45) is 0.